The van der Waals surface area contributed by atoms with E-state index in [4.69, 9.17) is 4.74 Å². The number of aryl methyl sites for hydroxylation is 1. The highest BCUT2D eigenvalue weighted by atomic mass is 16.5. The summed E-state index contributed by atoms with van der Waals surface area (Å²) in [5.74, 6) is -0.0966. The second kappa shape index (κ2) is 7.78. The third kappa shape index (κ3) is 4.90. The van der Waals surface area contributed by atoms with E-state index in [1.54, 1.807) is 18.2 Å². The van der Waals surface area contributed by atoms with Crippen molar-refractivity contribution in [2.24, 2.45) is 0 Å². The Balaban J connectivity index is 1.68. The maximum Gasteiger partial charge on any atom is 0.288 e. The zero-order valence-corrected chi connectivity index (χ0v) is 12.2. The van der Waals surface area contributed by atoms with Crippen molar-refractivity contribution < 1.29 is 14.3 Å². The van der Waals surface area contributed by atoms with Gasteiger partial charge in [0.2, 0.25) is 5.91 Å². The molecule has 0 aliphatic heterocycles. The van der Waals surface area contributed by atoms with Crippen molar-refractivity contribution in [1.82, 2.24) is 15.8 Å². The summed E-state index contributed by atoms with van der Waals surface area (Å²) in [6, 6.07) is 12.5. The zero-order chi connectivity index (χ0) is 15.8. The summed E-state index contributed by atoms with van der Waals surface area (Å²) >= 11 is 0. The second-order valence-corrected chi connectivity index (χ2v) is 4.63. The number of ether oxygens (including phenoxy) is 1. The number of hydrogen-bond acceptors (Lipinski definition) is 4. The van der Waals surface area contributed by atoms with Crippen LogP contribution in [0.25, 0.3) is 0 Å². The summed E-state index contributed by atoms with van der Waals surface area (Å²) < 4.78 is 5.44. The first-order chi connectivity index (χ1) is 10.6. The molecule has 22 heavy (non-hydrogen) atoms. The molecule has 0 aliphatic carbocycles. The van der Waals surface area contributed by atoms with E-state index in [1.807, 2.05) is 31.2 Å². The molecule has 2 amide bonds. The van der Waals surface area contributed by atoms with Crippen LogP contribution in [0, 0.1) is 6.92 Å². The van der Waals surface area contributed by atoms with Crippen molar-refractivity contribution in [3.63, 3.8) is 0 Å². The van der Waals surface area contributed by atoms with Gasteiger partial charge in [-0.25, -0.2) is 0 Å². The van der Waals surface area contributed by atoms with Gasteiger partial charge in [-0.15, -0.1) is 0 Å². The monoisotopic (exact) mass is 299 g/mol. The van der Waals surface area contributed by atoms with Gasteiger partial charge in [-0.2, -0.15) is 0 Å². The Morgan fingerprint density at radius 1 is 1.09 bits per heavy atom. The van der Waals surface area contributed by atoms with Gasteiger partial charge in [0, 0.05) is 6.20 Å². The van der Waals surface area contributed by atoms with Gasteiger partial charge in [-0.1, -0.05) is 23.8 Å². The molecule has 6 heteroatoms. The van der Waals surface area contributed by atoms with E-state index in [0.29, 0.717) is 5.75 Å². The van der Waals surface area contributed by atoms with Gasteiger partial charge in [-0.05, 0) is 31.2 Å². The molecule has 114 valence electrons. The van der Waals surface area contributed by atoms with Gasteiger partial charge in [0.25, 0.3) is 5.91 Å². The van der Waals surface area contributed by atoms with Crippen LogP contribution >= 0.6 is 0 Å². The highest BCUT2D eigenvalue weighted by molar-refractivity contribution is 5.93. The first-order valence-corrected chi connectivity index (χ1v) is 6.85. The lowest BCUT2D eigenvalue weighted by Crippen LogP contribution is -2.42. The maximum absolute atomic E-state index is 11.7. The normalized spacial score (nSPS) is 9.86. The van der Waals surface area contributed by atoms with E-state index < -0.39 is 5.91 Å². The predicted octanol–water partition coefficient (Wildman–Crippen LogP) is 1.62. The van der Waals surface area contributed by atoms with E-state index in [9.17, 15) is 9.59 Å². The number of pyridine rings is 1. The van der Waals surface area contributed by atoms with Crippen LogP contribution in [0.5, 0.6) is 5.75 Å². The molecule has 0 radical (unpaired) electrons. The number of hydrogen-bond donors (Lipinski definition) is 2. The maximum atomic E-state index is 11.7. The van der Waals surface area contributed by atoms with Crippen molar-refractivity contribution in [3.8, 4) is 5.75 Å². The summed E-state index contributed by atoms with van der Waals surface area (Å²) in [6.07, 6.45) is 1.64. The van der Waals surface area contributed by atoms with Crippen molar-refractivity contribution in [1.29, 1.82) is 0 Å². The molecule has 0 bridgehead atoms. The highest BCUT2D eigenvalue weighted by Gasteiger charge is 2.07. The summed E-state index contributed by atoms with van der Waals surface area (Å²) in [5, 5.41) is 0. The number of nitrogens with one attached hydrogen (secondary N) is 2. The Bertz CT molecular complexity index is 627. The molecule has 0 saturated heterocycles. The molecule has 6 nitrogen and oxygen atoms in total. The molecule has 0 unspecified atom stereocenters. The van der Waals surface area contributed by atoms with E-state index in [-0.39, 0.29) is 24.6 Å². The molecule has 2 N–H and O–H groups in total. The van der Waals surface area contributed by atoms with Crippen LogP contribution < -0.4 is 15.6 Å². The van der Waals surface area contributed by atoms with Crippen molar-refractivity contribution >= 4 is 11.8 Å². The Hall–Kier alpha value is -2.89. The number of carbonyl (C=O) groups excluding carboxylic acids is 2. The summed E-state index contributed by atoms with van der Waals surface area (Å²) in [6.45, 7) is 2.22. The molecule has 0 aliphatic rings. The first kappa shape index (κ1) is 15.5. The SMILES string of the molecule is Cc1ccc(OCCC(=O)NNC(=O)c2ccccn2)cc1. The topological polar surface area (TPSA) is 80.3 Å². The summed E-state index contributed by atoms with van der Waals surface area (Å²) in [7, 11) is 0. The van der Waals surface area contributed by atoms with Crippen LogP contribution in [0.3, 0.4) is 0 Å². The van der Waals surface area contributed by atoms with Gasteiger partial charge < -0.3 is 4.74 Å². The van der Waals surface area contributed by atoms with Gasteiger partial charge in [0.15, 0.2) is 0 Å². The predicted molar refractivity (Wildman–Crippen MR) is 81.1 cm³/mol. The molecular weight excluding hydrogens is 282 g/mol. The molecule has 2 rings (SSSR count). The molecule has 2 aromatic rings. The molecule has 0 saturated carbocycles. The minimum atomic E-state index is -0.464. The third-order valence-corrected chi connectivity index (χ3v) is 2.83. The standard InChI is InChI=1S/C16H17N3O3/c1-12-5-7-13(8-6-12)22-11-9-15(20)18-19-16(21)14-4-2-3-10-17-14/h2-8,10H,9,11H2,1H3,(H,18,20)(H,19,21). The van der Waals surface area contributed by atoms with E-state index in [2.05, 4.69) is 15.8 Å². The summed E-state index contributed by atoms with van der Waals surface area (Å²) in [5.41, 5.74) is 5.99. The zero-order valence-electron chi connectivity index (χ0n) is 12.2. The van der Waals surface area contributed by atoms with E-state index in [0.717, 1.165) is 5.56 Å². The fraction of sp³-hybridized carbons (Fsp3) is 0.188. The fourth-order valence-electron chi connectivity index (χ4n) is 1.65. The number of aromatic nitrogens is 1. The van der Waals surface area contributed by atoms with Crippen LogP contribution in [0.4, 0.5) is 0 Å². The Morgan fingerprint density at radius 3 is 2.55 bits per heavy atom. The van der Waals surface area contributed by atoms with Crippen LogP contribution in [-0.4, -0.2) is 23.4 Å². The largest absolute Gasteiger partial charge is 0.493 e. The Kier molecular flexibility index (Phi) is 5.48. The lowest BCUT2D eigenvalue weighted by molar-refractivity contribution is -0.122. The average Bonchev–Trinajstić information content (AvgIpc) is 2.55. The van der Waals surface area contributed by atoms with Crippen LogP contribution in [0.15, 0.2) is 48.7 Å². The minimum absolute atomic E-state index is 0.135. The van der Waals surface area contributed by atoms with E-state index >= 15 is 0 Å². The number of benzene rings is 1. The molecule has 1 aromatic carbocycles. The van der Waals surface area contributed by atoms with Gasteiger partial charge in [0.05, 0.1) is 13.0 Å². The summed E-state index contributed by atoms with van der Waals surface area (Å²) in [4.78, 5) is 27.1. The molecule has 1 aromatic heterocycles. The minimum Gasteiger partial charge on any atom is -0.493 e. The second-order valence-electron chi connectivity index (χ2n) is 4.63. The molecule has 0 atom stereocenters. The van der Waals surface area contributed by atoms with Gasteiger partial charge >= 0.3 is 0 Å². The van der Waals surface area contributed by atoms with Crippen molar-refractivity contribution in [3.05, 3.63) is 59.9 Å². The van der Waals surface area contributed by atoms with Crippen LogP contribution in [-0.2, 0) is 4.79 Å². The number of hydrazine groups is 1. The lowest BCUT2D eigenvalue weighted by Gasteiger charge is -2.08. The van der Waals surface area contributed by atoms with E-state index in [1.165, 1.54) is 6.20 Å². The van der Waals surface area contributed by atoms with Crippen LogP contribution in [0.2, 0.25) is 0 Å². The third-order valence-electron chi connectivity index (χ3n) is 2.83. The van der Waals surface area contributed by atoms with Crippen LogP contribution in [0.1, 0.15) is 22.5 Å². The number of amides is 2. The van der Waals surface area contributed by atoms with Gasteiger partial charge in [-0.3, -0.25) is 25.4 Å². The average molecular weight is 299 g/mol. The Labute approximate surface area is 128 Å². The van der Waals surface area contributed by atoms with Gasteiger partial charge in [0.1, 0.15) is 11.4 Å². The molecule has 0 fully saturated rings. The van der Waals surface area contributed by atoms with Crippen molar-refractivity contribution in [2.45, 2.75) is 13.3 Å². The molecular formula is C16H17N3O3. The highest BCUT2D eigenvalue weighted by Crippen LogP contribution is 2.11. The number of rotatable bonds is 5. The lowest BCUT2D eigenvalue weighted by atomic mass is 10.2. The Morgan fingerprint density at radius 2 is 1.86 bits per heavy atom. The quantitative estimate of drug-likeness (QED) is 0.822. The smallest absolute Gasteiger partial charge is 0.288 e. The molecule has 1 heterocycles. The number of nitrogens with zero attached hydrogens (tertiary/aromatic N) is 1. The van der Waals surface area contributed by atoms with Crippen molar-refractivity contribution in [2.75, 3.05) is 6.61 Å². The molecule has 0 spiro atoms. The fourth-order valence-corrected chi connectivity index (χ4v) is 1.65. The first-order valence-electron chi connectivity index (χ1n) is 6.85. The number of carbonyl (C=O) groups is 2.